The number of nitrogens with zero attached hydrogens (tertiary/aromatic N) is 2. The largest absolute Gasteiger partial charge is 0.392 e. The molecule has 3 aliphatic heterocycles. The molecule has 55 heavy (non-hydrogen) atoms. The van der Waals surface area contributed by atoms with Crippen LogP contribution in [0.5, 0.6) is 0 Å². The van der Waals surface area contributed by atoms with Crippen LogP contribution in [0.15, 0.2) is 55.6 Å². The molecule has 1 saturated heterocycles. The third-order valence-electron chi connectivity index (χ3n) is 11.1. The molecule has 16 heteroatoms. The summed E-state index contributed by atoms with van der Waals surface area (Å²) in [7, 11) is 0. The van der Waals surface area contributed by atoms with E-state index in [-0.39, 0.29) is 65.4 Å². The van der Waals surface area contributed by atoms with E-state index in [4.69, 9.17) is 4.74 Å². The first kappa shape index (κ1) is 38.3. The lowest BCUT2D eigenvalue weighted by Crippen LogP contribution is -2.45. The summed E-state index contributed by atoms with van der Waals surface area (Å²) in [6.45, 7) is 2.45. The van der Waals surface area contributed by atoms with E-state index in [0.29, 0.717) is 31.6 Å². The van der Waals surface area contributed by atoms with Crippen LogP contribution >= 0.6 is 0 Å². The van der Waals surface area contributed by atoms with E-state index in [1.807, 2.05) is 0 Å². The average Bonchev–Trinajstić information content (AvgIpc) is 3.18. The molecule has 2 fully saturated rings. The molecule has 2 aromatic heterocycles. The minimum absolute atomic E-state index is 0.0574. The number of aryl methyl sites for hydroxylation is 1. The smallest absolute Gasteiger partial charge is 0.330 e. The van der Waals surface area contributed by atoms with Gasteiger partial charge in [-0.2, -0.15) is 0 Å². The van der Waals surface area contributed by atoms with Crippen molar-refractivity contribution in [2.45, 2.75) is 108 Å². The van der Waals surface area contributed by atoms with Gasteiger partial charge in [-0.1, -0.05) is 43.0 Å². The van der Waals surface area contributed by atoms with Gasteiger partial charge in [-0.3, -0.25) is 28.7 Å². The van der Waals surface area contributed by atoms with Gasteiger partial charge < -0.3 is 20.5 Å². The minimum Gasteiger partial charge on any atom is -0.392 e. The van der Waals surface area contributed by atoms with Gasteiger partial charge in [0.1, 0.15) is 35.6 Å². The maximum Gasteiger partial charge on any atom is 0.330 e. The van der Waals surface area contributed by atoms with Crippen LogP contribution < -0.4 is 33.1 Å². The Morgan fingerprint density at radius 3 is 1.73 bits per heavy atom. The van der Waals surface area contributed by atoms with Crippen molar-refractivity contribution in [3.05, 3.63) is 123 Å². The van der Waals surface area contributed by atoms with E-state index in [9.17, 15) is 41.8 Å². The van der Waals surface area contributed by atoms with Gasteiger partial charge in [-0.05, 0) is 56.4 Å². The Labute approximate surface area is 312 Å². The fourth-order valence-electron chi connectivity index (χ4n) is 8.24. The molecule has 2 aromatic carbocycles. The number of anilines is 2. The van der Waals surface area contributed by atoms with E-state index < -0.39 is 58.6 Å². The number of benzene rings is 2. The fourth-order valence-corrected chi connectivity index (χ4v) is 8.24. The predicted molar refractivity (Wildman–Crippen MR) is 197 cm³/mol. The summed E-state index contributed by atoms with van der Waals surface area (Å²) in [5, 5.41) is 14.9. The quantitative estimate of drug-likeness (QED) is 0.175. The Morgan fingerprint density at radius 2 is 1.20 bits per heavy atom. The SMILES string of the molecule is Cc1ccc(F)c([C@@H]2Nc3[nH]c(=O)n(C4CCOCC4)c(=O)c3C[C@H]2F)c1.O=c1[nH]c2c(c(=O)n1C1CCCCC1)C[C@@H](F)[C@H](c1cc(CO)ccc1F)N2. The number of rotatable bonds is 5. The second kappa shape index (κ2) is 16.0. The van der Waals surface area contributed by atoms with Crippen molar-refractivity contribution in [1.82, 2.24) is 19.1 Å². The second-order valence-corrected chi connectivity index (χ2v) is 14.8. The van der Waals surface area contributed by atoms with E-state index in [1.54, 1.807) is 19.1 Å². The Hall–Kier alpha value is -4.96. The molecule has 5 heterocycles. The molecule has 1 aliphatic carbocycles. The Kier molecular flexibility index (Phi) is 11.2. The summed E-state index contributed by atoms with van der Waals surface area (Å²) in [5.41, 5.74) is -0.146. The van der Waals surface area contributed by atoms with Crippen LogP contribution in [0.3, 0.4) is 0 Å². The van der Waals surface area contributed by atoms with Gasteiger partial charge >= 0.3 is 11.4 Å². The number of alkyl halides is 2. The summed E-state index contributed by atoms with van der Waals surface area (Å²) in [6, 6.07) is 6.03. The third kappa shape index (κ3) is 7.66. The molecule has 294 valence electrons. The number of aliphatic hydroxyl groups excluding tert-OH is 1. The summed E-state index contributed by atoms with van der Waals surface area (Å²) in [6.07, 6.45) is 2.22. The number of nitrogens with one attached hydrogen (secondary N) is 4. The second-order valence-electron chi connectivity index (χ2n) is 14.8. The Balaban J connectivity index is 0.000000169. The van der Waals surface area contributed by atoms with Crippen LogP contribution in [-0.2, 0) is 24.2 Å². The normalized spacial score (nSPS) is 22.7. The van der Waals surface area contributed by atoms with Crippen molar-refractivity contribution < 1.29 is 27.4 Å². The van der Waals surface area contributed by atoms with E-state index in [2.05, 4.69) is 20.6 Å². The number of fused-ring (bicyclic) bond motifs is 2. The van der Waals surface area contributed by atoms with Gasteiger partial charge in [-0.15, -0.1) is 0 Å². The zero-order chi connectivity index (χ0) is 39.0. The number of hydrogen-bond acceptors (Lipinski definition) is 8. The van der Waals surface area contributed by atoms with Crippen LogP contribution in [0.25, 0.3) is 0 Å². The van der Waals surface area contributed by atoms with Gasteiger partial charge in [0.05, 0.1) is 29.8 Å². The minimum atomic E-state index is -1.55. The molecule has 4 aromatic rings. The van der Waals surface area contributed by atoms with Crippen LogP contribution in [0.1, 0.15) is 102 Å². The molecule has 0 unspecified atom stereocenters. The molecular formula is C39H44F4N6O6. The molecule has 1 saturated carbocycles. The van der Waals surface area contributed by atoms with Crippen molar-refractivity contribution >= 4 is 11.6 Å². The fraction of sp³-hybridized carbons (Fsp3) is 0.487. The number of H-pyrrole nitrogens is 2. The molecule has 0 bridgehead atoms. The van der Waals surface area contributed by atoms with Crippen molar-refractivity contribution in [3.8, 4) is 0 Å². The number of aromatic nitrogens is 4. The first-order valence-corrected chi connectivity index (χ1v) is 18.7. The molecule has 0 spiro atoms. The standard InChI is InChI=1S/C20H23F2N3O3.C19H21F2N3O3/c21-15-7-6-11(10-26)8-13(15)17-16(22)9-14-18(23-17)24-20(28)25(19(14)27)12-4-2-1-3-5-12;1-10-2-3-14(20)12(8-10)16-15(21)9-13-17(22-16)23-19(26)24(18(13)25)11-4-6-27-7-5-11/h6-8,12,16-17,23,26H,1-5,9-10H2,(H,24,28);2-3,8,11,15-16,22H,4-7,9H2,1H3,(H,23,26)/t16-,17+;15-,16+/m11/s1. The molecule has 12 nitrogen and oxygen atoms in total. The highest BCUT2D eigenvalue weighted by atomic mass is 19.1. The third-order valence-corrected chi connectivity index (χ3v) is 11.1. The molecule has 8 rings (SSSR count). The van der Waals surface area contributed by atoms with Gasteiger partial charge in [0.15, 0.2) is 0 Å². The van der Waals surface area contributed by atoms with Crippen LogP contribution in [0, 0.1) is 18.6 Å². The number of ether oxygens (including phenoxy) is 1. The summed E-state index contributed by atoms with van der Waals surface area (Å²) >= 11 is 0. The van der Waals surface area contributed by atoms with Crippen molar-refractivity contribution in [1.29, 1.82) is 0 Å². The zero-order valence-corrected chi connectivity index (χ0v) is 30.3. The average molecular weight is 769 g/mol. The topological polar surface area (TPSA) is 163 Å². The highest BCUT2D eigenvalue weighted by Crippen LogP contribution is 2.35. The van der Waals surface area contributed by atoms with Gasteiger partial charge in [-0.25, -0.2) is 27.2 Å². The van der Waals surface area contributed by atoms with Crippen molar-refractivity contribution in [2.75, 3.05) is 23.8 Å². The van der Waals surface area contributed by atoms with Gasteiger partial charge in [0.2, 0.25) is 0 Å². The lowest BCUT2D eigenvalue weighted by atomic mass is 9.92. The van der Waals surface area contributed by atoms with Crippen LogP contribution in [0.4, 0.5) is 29.2 Å². The first-order valence-electron chi connectivity index (χ1n) is 18.7. The van der Waals surface area contributed by atoms with Crippen molar-refractivity contribution in [3.63, 3.8) is 0 Å². The Morgan fingerprint density at radius 1 is 0.709 bits per heavy atom. The molecule has 5 N–H and O–H groups in total. The highest BCUT2D eigenvalue weighted by Gasteiger charge is 2.36. The summed E-state index contributed by atoms with van der Waals surface area (Å²) < 4.78 is 66.0. The van der Waals surface area contributed by atoms with Gasteiger partial charge in [0, 0.05) is 49.3 Å². The maximum absolute atomic E-state index is 15.0. The van der Waals surface area contributed by atoms with E-state index in [0.717, 1.165) is 37.7 Å². The van der Waals surface area contributed by atoms with Crippen LogP contribution in [0.2, 0.25) is 0 Å². The highest BCUT2D eigenvalue weighted by molar-refractivity contribution is 5.51. The first-order chi connectivity index (χ1) is 26.4. The van der Waals surface area contributed by atoms with Crippen molar-refractivity contribution in [2.24, 2.45) is 0 Å². The summed E-state index contributed by atoms with van der Waals surface area (Å²) in [4.78, 5) is 56.2. The number of halogens is 4. The van der Waals surface area contributed by atoms with E-state index in [1.165, 1.54) is 33.4 Å². The molecule has 0 amide bonds. The lowest BCUT2D eigenvalue weighted by Gasteiger charge is -2.31. The van der Waals surface area contributed by atoms with Gasteiger partial charge in [0.25, 0.3) is 11.1 Å². The summed E-state index contributed by atoms with van der Waals surface area (Å²) in [5.74, 6) is -0.816. The Bertz CT molecular complexity index is 2290. The number of aromatic amines is 2. The molecule has 0 radical (unpaired) electrons. The van der Waals surface area contributed by atoms with E-state index >= 15 is 0 Å². The molecule has 4 aliphatic rings. The maximum atomic E-state index is 15.0. The number of hydrogen-bond donors (Lipinski definition) is 5. The predicted octanol–water partition coefficient (Wildman–Crippen LogP) is 5.10. The molecular weight excluding hydrogens is 724 g/mol. The molecule has 4 atom stereocenters. The number of aliphatic hydroxyl groups is 1. The zero-order valence-electron chi connectivity index (χ0n) is 30.3. The lowest BCUT2D eigenvalue weighted by molar-refractivity contribution is 0.0673. The van der Waals surface area contributed by atoms with Crippen LogP contribution in [-0.4, -0.2) is 49.8 Å². The monoisotopic (exact) mass is 768 g/mol.